The van der Waals surface area contributed by atoms with E-state index in [9.17, 15) is 9.90 Å². The van der Waals surface area contributed by atoms with Crippen LogP contribution in [0.3, 0.4) is 0 Å². The lowest BCUT2D eigenvalue weighted by molar-refractivity contribution is -0.121. The van der Waals surface area contributed by atoms with E-state index in [0.29, 0.717) is 30.5 Å². The Morgan fingerprint density at radius 1 is 1.40 bits per heavy atom. The normalized spacial score (nSPS) is 22.7. The Morgan fingerprint density at radius 3 is 3.04 bits per heavy atom. The molecule has 0 saturated heterocycles. The van der Waals surface area contributed by atoms with Gasteiger partial charge < -0.3 is 15.2 Å². The molecule has 0 bridgehead atoms. The predicted octanol–water partition coefficient (Wildman–Crippen LogP) is 1.18. The van der Waals surface area contributed by atoms with Crippen molar-refractivity contribution in [2.45, 2.75) is 44.9 Å². The molecule has 1 saturated carbocycles. The van der Waals surface area contributed by atoms with Crippen LogP contribution in [0.5, 0.6) is 5.88 Å². The molecule has 2 heterocycles. The molecule has 134 valence electrons. The van der Waals surface area contributed by atoms with Crippen molar-refractivity contribution in [1.82, 2.24) is 20.1 Å². The molecule has 0 spiro atoms. The molecule has 3 atom stereocenters. The van der Waals surface area contributed by atoms with E-state index in [1.165, 1.54) is 0 Å². The van der Waals surface area contributed by atoms with Crippen molar-refractivity contribution < 1.29 is 14.6 Å². The summed E-state index contributed by atoms with van der Waals surface area (Å²) in [7, 11) is 0. The lowest BCUT2D eigenvalue weighted by atomic mass is 10.1. The minimum atomic E-state index is -0.521. The van der Waals surface area contributed by atoms with Gasteiger partial charge in [-0.15, -0.1) is 0 Å². The average molecular weight is 344 g/mol. The molecule has 1 fully saturated rings. The van der Waals surface area contributed by atoms with Crippen molar-refractivity contribution in [3.8, 4) is 5.88 Å². The third kappa shape index (κ3) is 4.79. The van der Waals surface area contributed by atoms with Crippen LogP contribution in [0.4, 0.5) is 0 Å². The number of rotatable bonds is 7. The van der Waals surface area contributed by atoms with Crippen LogP contribution >= 0.6 is 0 Å². The van der Waals surface area contributed by atoms with E-state index in [2.05, 4.69) is 15.4 Å². The number of carbonyl (C=O) groups is 1. The second kappa shape index (κ2) is 8.11. The maximum Gasteiger partial charge on any atom is 0.226 e. The number of aliphatic hydroxyl groups is 1. The Bertz CT molecular complexity index is 689. The highest BCUT2D eigenvalue weighted by Crippen LogP contribution is 2.27. The number of aromatic nitrogens is 3. The maximum absolute atomic E-state index is 12.3. The highest BCUT2D eigenvalue weighted by molar-refractivity contribution is 5.78. The summed E-state index contributed by atoms with van der Waals surface area (Å²) in [6.07, 6.45) is 4.73. The zero-order valence-corrected chi connectivity index (χ0v) is 14.3. The molecular weight excluding hydrogens is 320 g/mol. The first-order valence-electron chi connectivity index (χ1n) is 8.67. The van der Waals surface area contributed by atoms with Gasteiger partial charge in [0.25, 0.3) is 0 Å². The van der Waals surface area contributed by atoms with Gasteiger partial charge in [-0.1, -0.05) is 6.07 Å². The zero-order chi connectivity index (χ0) is 17.6. The minimum absolute atomic E-state index is 0.134. The van der Waals surface area contributed by atoms with Gasteiger partial charge in [0.05, 0.1) is 30.9 Å². The van der Waals surface area contributed by atoms with E-state index in [-0.39, 0.29) is 18.4 Å². The van der Waals surface area contributed by atoms with Gasteiger partial charge in [0.2, 0.25) is 11.8 Å². The van der Waals surface area contributed by atoms with Gasteiger partial charge in [-0.05, 0) is 37.8 Å². The first-order valence-corrected chi connectivity index (χ1v) is 8.67. The largest absolute Gasteiger partial charge is 0.478 e. The second-order valence-corrected chi connectivity index (χ2v) is 6.38. The van der Waals surface area contributed by atoms with Crippen molar-refractivity contribution in [2.24, 2.45) is 5.92 Å². The number of pyridine rings is 1. The third-order valence-corrected chi connectivity index (χ3v) is 4.39. The van der Waals surface area contributed by atoms with E-state index in [1.807, 2.05) is 29.9 Å². The zero-order valence-electron chi connectivity index (χ0n) is 14.3. The van der Waals surface area contributed by atoms with Crippen LogP contribution in [0.25, 0.3) is 0 Å². The van der Waals surface area contributed by atoms with Crippen LogP contribution in [0, 0.1) is 5.92 Å². The summed E-state index contributed by atoms with van der Waals surface area (Å²) in [5.41, 5.74) is 0.657. The smallest absolute Gasteiger partial charge is 0.226 e. The second-order valence-electron chi connectivity index (χ2n) is 6.38. The van der Waals surface area contributed by atoms with Crippen LogP contribution in [0.2, 0.25) is 0 Å². The summed E-state index contributed by atoms with van der Waals surface area (Å²) in [6.45, 7) is 3.19. The van der Waals surface area contributed by atoms with E-state index in [0.717, 1.165) is 13.0 Å². The summed E-state index contributed by atoms with van der Waals surface area (Å²) in [4.78, 5) is 16.6. The molecule has 1 aliphatic rings. The summed E-state index contributed by atoms with van der Waals surface area (Å²) < 4.78 is 7.22. The molecular formula is C18H24N4O3. The quantitative estimate of drug-likeness (QED) is 0.787. The number of nitrogens with zero attached hydrogens (tertiary/aromatic N) is 3. The SMILES string of the molecule is CCOc1cccc(CC(=O)N[C@@H]2CC(Cn3cccn3)C[C@H]2O)n1. The molecule has 2 N–H and O–H groups in total. The standard InChI is InChI=1S/C18H24N4O3/c1-2-25-18-6-3-5-14(20-18)11-17(24)21-15-9-13(10-16(15)23)12-22-8-4-7-19-22/h3-8,13,15-16,23H,2,9-12H2,1H3,(H,21,24)/t13?,15-,16-/m1/s1. The molecule has 2 aromatic rings. The van der Waals surface area contributed by atoms with Gasteiger partial charge in [-0.25, -0.2) is 4.98 Å². The highest BCUT2D eigenvalue weighted by Gasteiger charge is 2.34. The lowest BCUT2D eigenvalue weighted by Crippen LogP contribution is -2.40. The number of aliphatic hydroxyl groups excluding tert-OH is 1. The van der Waals surface area contributed by atoms with Crippen molar-refractivity contribution in [3.05, 3.63) is 42.4 Å². The van der Waals surface area contributed by atoms with Gasteiger partial charge in [0.15, 0.2) is 0 Å². The van der Waals surface area contributed by atoms with E-state index >= 15 is 0 Å². The Labute approximate surface area is 147 Å². The summed E-state index contributed by atoms with van der Waals surface area (Å²) in [6, 6.07) is 7.06. The van der Waals surface area contributed by atoms with Gasteiger partial charge in [-0.3, -0.25) is 9.48 Å². The first kappa shape index (κ1) is 17.4. The fourth-order valence-corrected chi connectivity index (χ4v) is 3.30. The van der Waals surface area contributed by atoms with Crippen LogP contribution in [-0.4, -0.2) is 44.5 Å². The van der Waals surface area contributed by atoms with E-state index < -0.39 is 6.10 Å². The molecule has 0 radical (unpaired) electrons. The molecule has 25 heavy (non-hydrogen) atoms. The molecule has 1 aliphatic carbocycles. The van der Waals surface area contributed by atoms with Crippen LogP contribution < -0.4 is 10.1 Å². The van der Waals surface area contributed by atoms with E-state index in [1.54, 1.807) is 18.3 Å². The number of hydrogen-bond acceptors (Lipinski definition) is 5. The van der Waals surface area contributed by atoms with Crippen molar-refractivity contribution in [3.63, 3.8) is 0 Å². The fourth-order valence-electron chi connectivity index (χ4n) is 3.30. The Balaban J connectivity index is 1.51. The van der Waals surface area contributed by atoms with E-state index in [4.69, 9.17) is 4.74 Å². The first-order chi connectivity index (χ1) is 12.1. The molecule has 2 aromatic heterocycles. The fraction of sp³-hybridized carbons (Fsp3) is 0.500. The molecule has 7 heteroatoms. The van der Waals surface area contributed by atoms with Crippen molar-refractivity contribution in [2.75, 3.05) is 6.61 Å². The Hall–Kier alpha value is -2.41. The maximum atomic E-state index is 12.3. The number of ether oxygens (including phenoxy) is 1. The molecule has 0 aromatic carbocycles. The summed E-state index contributed by atoms with van der Waals surface area (Å²) >= 11 is 0. The minimum Gasteiger partial charge on any atom is -0.478 e. The molecule has 0 aliphatic heterocycles. The monoisotopic (exact) mass is 344 g/mol. The average Bonchev–Trinajstić information content (AvgIpc) is 3.19. The molecule has 1 unspecified atom stereocenters. The highest BCUT2D eigenvalue weighted by atomic mass is 16.5. The Kier molecular flexibility index (Phi) is 5.65. The van der Waals surface area contributed by atoms with Gasteiger partial charge in [0, 0.05) is 25.0 Å². The number of carbonyl (C=O) groups excluding carboxylic acids is 1. The number of nitrogens with one attached hydrogen (secondary N) is 1. The molecule has 3 rings (SSSR count). The summed E-state index contributed by atoms with van der Waals surface area (Å²) in [5, 5.41) is 17.4. The summed E-state index contributed by atoms with van der Waals surface area (Å²) in [5.74, 6) is 0.692. The van der Waals surface area contributed by atoms with Crippen LogP contribution in [0.1, 0.15) is 25.5 Å². The number of hydrogen-bond donors (Lipinski definition) is 2. The molecule has 7 nitrogen and oxygen atoms in total. The number of amides is 1. The topological polar surface area (TPSA) is 89.3 Å². The van der Waals surface area contributed by atoms with Crippen LogP contribution in [0.15, 0.2) is 36.7 Å². The molecule has 1 amide bonds. The lowest BCUT2D eigenvalue weighted by Gasteiger charge is -2.16. The van der Waals surface area contributed by atoms with Crippen molar-refractivity contribution in [1.29, 1.82) is 0 Å². The Morgan fingerprint density at radius 2 is 2.28 bits per heavy atom. The van der Waals surface area contributed by atoms with Gasteiger partial charge in [-0.2, -0.15) is 5.10 Å². The third-order valence-electron chi connectivity index (χ3n) is 4.39. The van der Waals surface area contributed by atoms with Crippen LogP contribution in [-0.2, 0) is 17.8 Å². The predicted molar refractivity (Wildman–Crippen MR) is 92.0 cm³/mol. The van der Waals surface area contributed by atoms with Gasteiger partial charge in [0.1, 0.15) is 0 Å². The van der Waals surface area contributed by atoms with Gasteiger partial charge >= 0.3 is 0 Å². The van der Waals surface area contributed by atoms with Crippen molar-refractivity contribution >= 4 is 5.91 Å².